The molecule has 4 rings (SSSR count). The quantitative estimate of drug-likeness (QED) is 0.357. The van der Waals surface area contributed by atoms with E-state index in [9.17, 15) is 9.59 Å². The normalized spacial score (nSPS) is 15.0. The van der Waals surface area contributed by atoms with Gasteiger partial charge in [-0.05, 0) is 71.2 Å². The van der Waals surface area contributed by atoms with E-state index in [1.165, 1.54) is 7.11 Å². The fourth-order valence-corrected chi connectivity index (χ4v) is 5.28. The van der Waals surface area contributed by atoms with Crippen LogP contribution in [0.5, 0.6) is 0 Å². The lowest BCUT2D eigenvalue weighted by atomic mass is 9.91. The highest BCUT2D eigenvalue weighted by Gasteiger charge is 2.34. The van der Waals surface area contributed by atoms with Gasteiger partial charge in [-0.25, -0.2) is 9.78 Å². The van der Waals surface area contributed by atoms with Crippen molar-refractivity contribution >= 4 is 34.5 Å². The number of hydrogen-bond donors (Lipinski definition) is 0. The van der Waals surface area contributed by atoms with Gasteiger partial charge in [-0.2, -0.15) is 0 Å². The molecule has 1 aliphatic rings. The van der Waals surface area contributed by atoms with Gasteiger partial charge < -0.3 is 18.9 Å². The minimum absolute atomic E-state index is 0.208. The van der Waals surface area contributed by atoms with Crippen LogP contribution in [-0.2, 0) is 25.6 Å². The van der Waals surface area contributed by atoms with Gasteiger partial charge in [0, 0.05) is 59.0 Å². The zero-order valence-corrected chi connectivity index (χ0v) is 23.5. The number of amides is 1. The standard InChI is InChI=1S/C29H36ClN3O4/c1-17-19(3)33(16-15-32-14-8-9-22(32)34)27-23(17)25(20-10-12-21(30)13-11-20)24(18(2)31-27)26(28(35)36-7)37-29(4,5)6/h10-13,26H,8-9,14-16H2,1-7H3. The highest BCUT2D eigenvalue weighted by molar-refractivity contribution is 6.30. The predicted molar refractivity (Wildman–Crippen MR) is 146 cm³/mol. The second kappa shape index (κ2) is 10.5. The third-order valence-electron chi connectivity index (χ3n) is 7.03. The van der Waals surface area contributed by atoms with Crippen LogP contribution in [-0.4, -0.2) is 52.1 Å². The van der Waals surface area contributed by atoms with E-state index in [0.29, 0.717) is 35.8 Å². The molecule has 3 heterocycles. The van der Waals surface area contributed by atoms with Crippen LogP contribution >= 0.6 is 11.6 Å². The number of carbonyl (C=O) groups is 2. The summed E-state index contributed by atoms with van der Waals surface area (Å²) in [4.78, 5) is 32.3. The summed E-state index contributed by atoms with van der Waals surface area (Å²) < 4.78 is 13.7. The average molecular weight is 526 g/mol. The summed E-state index contributed by atoms with van der Waals surface area (Å²) >= 11 is 6.24. The molecule has 1 atom stereocenters. The Kier molecular flexibility index (Phi) is 7.67. The molecule has 1 aromatic carbocycles. The number of halogens is 1. The Labute approximate surface area is 223 Å². The van der Waals surface area contributed by atoms with Gasteiger partial charge >= 0.3 is 5.97 Å². The van der Waals surface area contributed by atoms with Crippen LogP contribution < -0.4 is 0 Å². The molecule has 0 bridgehead atoms. The number of rotatable bonds is 7. The first-order valence-corrected chi connectivity index (χ1v) is 13.1. The van der Waals surface area contributed by atoms with E-state index in [4.69, 9.17) is 26.1 Å². The maximum atomic E-state index is 13.1. The van der Waals surface area contributed by atoms with Gasteiger partial charge in [-0.15, -0.1) is 0 Å². The Balaban J connectivity index is 1.98. The van der Waals surface area contributed by atoms with E-state index in [0.717, 1.165) is 46.4 Å². The number of esters is 1. The average Bonchev–Trinajstić information content (AvgIpc) is 3.35. The van der Waals surface area contributed by atoms with E-state index in [1.807, 2.05) is 56.9 Å². The Hall–Kier alpha value is -2.90. The number of methoxy groups -OCH3 is 1. The molecule has 37 heavy (non-hydrogen) atoms. The number of pyridine rings is 1. The van der Waals surface area contributed by atoms with Crippen LogP contribution in [0.2, 0.25) is 5.02 Å². The predicted octanol–water partition coefficient (Wildman–Crippen LogP) is 5.93. The highest BCUT2D eigenvalue weighted by Crippen LogP contribution is 2.42. The zero-order chi connectivity index (χ0) is 27.1. The van der Waals surface area contributed by atoms with E-state index < -0.39 is 17.7 Å². The molecule has 0 spiro atoms. The highest BCUT2D eigenvalue weighted by atomic mass is 35.5. The molecule has 0 aliphatic carbocycles. The minimum atomic E-state index is -0.960. The molecule has 0 saturated carbocycles. The van der Waals surface area contributed by atoms with Gasteiger partial charge in [0.05, 0.1) is 12.7 Å². The zero-order valence-electron chi connectivity index (χ0n) is 22.8. The summed E-state index contributed by atoms with van der Waals surface area (Å²) in [7, 11) is 1.37. The van der Waals surface area contributed by atoms with Crippen LogP contribution in [0.4, 0.5) is 0 Å². The Bertz CT molecular complexity index is 1340. The number of nitrogens with zero attached hydrogens (tertiary/aromatic N) is 3. The molecule has 198 valence electrons. The van der Waals surface area contributed by atoms with Crippen molar-refractivity contribution < 1.29 is 19.1 Å². The molecule has 3 aromatic rings. The number of likely N-dealkylation sites (tertiary alicyclic amines) is 1. The van der Waals surface area contributed by atoms with Crippen LogP contribution in [0.1, 0.15) is 62.2 Å². The molecule has 1 amide bonds. The van der Waals surface area contributed by atoms with Crippen molar-refractivity contribution in [3.63, 3.8) is 0 Å². The third kappa shape index (κ3) is 5.39. The molecular weight excluding hydrogens is 490 g/mol. The smallest absolute Gasteiger partial charge is 0.339 e. The SMILES string of the molecule is COC(=O)C(OC(C)(C)C)c1c(C)nc2c(c(C)c(C)n2CCN2CCCC2=O)c1-c1ccc(Cl)cc1. The van der Waals surface area contributed by atoms with Gasteiger partial charge in [-0.1, -0.05) is 23.7 Å². The third-order valence-corrected chi connectivity index (χ3v) is 7.28. The topological polar surface area (TPSA) is 73.7 Å². The van der Waals surface area contributed by atoms with Gasteiger partial charge in [-0.3, -0.25) is 4.79 Å². The van der Waals surface area contributed by atoms with Crippen molar-refractivity contribution in [1.82, 2.24) is 14.5 Å². The number of ether oxygens (including phenoxy) is 2. The molecule has 0 radical (unpaired) electrons. The Morgan fingerprint density at radius 2 is 1.81 bits per heavy atom. The van der Waals surface area contributed by atoms with Gasteiger partial charge in [0.1, 0.15) is 5.65 Å². The van der Waals surface area contributed by atoms with E-state index >= 15 is 0 Å². The fraction of sp³-hybridized carbons (Fsp3) is 0.483. The molecule has 0 N–H and O–H groups in total. The van der Waals surface area contributed by atoms with Crippen molar-refractivity contribution in [1.29, 1.82) is 0 Å². The minimum Gasteiger partial charge on any atom is -0.467 e. The summed E-state index contributed by atoms with van der Waals surface area (Å²) in [6.07, 6.45) is 0.569. The lowest BCUT2D eigenvalue weighted by Gasteiger charge is -2.29. The summed E-state index contributed by atoms with van der Waals surface area (Å²) in [6, 6.07) is 7.61. The second-order valence-electron chi connectivity index (χ2n) is 10.7. The first kappa shape index (κ1) is 27.1. The molecule has 1 aliphatic heterocycles. The molecule has 1 fully saturated rings. The van der Waals surface area contributed by atoms with Crippen molar-refractivity contribution in [3.05, 3.63) is 51.8 Å². The summed E-state index contributed by atoms with van der Waals surface area (Å²) in [5, 5.41) is 1.59. The monoisotopic (exact) mass is 525 g/mol. The molecule has 8 heteroatoms. The molecule has 1 saturated heterocycles. The van der Waals surface area contributed by atoms with Crippen molar-refractivity contribution in [2.75, 3.05) is 20.2 Å². The van der Waals surface area contributed by atoms with E-state index in [1.54, 1.807) is 0 Å². The number of hydrogen-bond acceptors (Lipinski definition) is 5. The lowest BCUT2D eigenvalue weighted by molar-refractivity contribution is -0.164. The number of aromatic nitrogens is 2. The number of carbonyl (C=O) groups excluding carboxylic acids is 2. The van der Waals surface area contributed by atoms with E-state index in [-0.39, 0.29) is 5.91 Å². The van der Waals surface area contributed by atoms with Crippen LogP contribution in [0.3, 0.4) is 0 Å². The first-order chi connectivity index (χ1) is 17.4. The van der Waals surface area contributed by atoms with Crippen LogP contribution in [0.25, 0.3) is 22.2 Å². The van der Waals surface area contributed by atoms with Gasteiger partial charge in [0.15, 0.2) is 6.10 Å². The first-order valence-electron chi connectivity index (χ1n) is 12.7. The fourth-order valence-electron chi connectivity index (χ4n) is 5.15. The summed E-state index contributed by atoms with van der Waals surface area (Å²) in [5.74, 6) is -0.268. The maximum Gasteiger partial charge on any atom is 0.339 e. The summed E-state index contributed by atoms with van der Waals surface area (Å²) in [5.41, 5.74) is 5.54. The van der Waals surface area contributed by atoms with Crippen molar-refractivity contribution in [3.8, 4) is 11.1 Å². The second-order valence-corrected chi connectivity index (χ2v) is 11.1. The Morgan fingerprint density at radius 3 is 2.38 bits per heavy atom. The van der Waals surface area contributed by atoms with Crippen LogP contribution in [0.15, 0.2) is 24.3 Å². The lowest BCUT2D eigenvalue weighted by Crippen LogP contribution is -2.29. The molecule has 1 unspecified atom stereocenters. The van der Waals surface area contributed by atoms with Crippen molar-refractivity contribution in [2.45, 2.75) is 72.6 Å². The Morgan fingerprint density at radius 1 is 1.14 bits per heavy atom. The van der Waals surface area contributed by atoms with Gasteiger partial charge in [0.25, 0.3) is 0 Å². The van der Waals surface area contributed by atoms with Crippen molar-refractivity contribution in [2.24, 2.45) is 0 Å². The number of fused-ring (bicyclic) bond motifs is 1. The largest absolute Gasteiger partial charge is 0.467 e. The molecule has 2 aromatic heterocycles. The maximum absolute atomic E-state index is 13.1. The summed E-state index contributed by atoms with van der Waals surface area (Å²) in [6.45, 7) is 13.9. The molecular formula is C29H36ClN3O4. The number of benzene rings is 1. The molecule has 7 nitrogen and oxygen atoms in total. The van der Waals surface area contributed by atoms with Crippen LogP contribution in [0, 0.1) is 20.8 Å². The number of aryl methyl sites for hydroxylation is 2. The van der Waals surface area contributed by atoms with Gasteiger partial charge in [0.2, 0.25) is 5.91 Å². The van der Waals surface area contributed by atoms with E-state index in [2.05, 4.69) is 18.4 Å².